The number of nitrogens with zero attached hydrogens (tertiary/aromatic N) is 2. The average molecular weight is 400 g/mol. The zero-order chi connectivity index (χ0) is 20.8. The van der Waals surface area contributed by atoms with Crippen molar-refractivity contribution in [2.45, 2.75) is 13.5 Å². The third-order valence-electron chi connectivity index (χ3n) is 4.77. The van der Waals surface area contributed by atoms with Gasteiger partial charge in [0.15, 0.2) is 5.78 Å². The molecular weight excluding hydrogens is 378 g/mol. The highest BCUT2D eigenvalue weighted by atomic mass is 19.3. The van der Waals surface area contributed by atoms with Crippen LogP contribution in [0.25, 0.3) is 6.08 Å². The molecule has 0 spiro atoms. The zero-order valence-corrected chi connectivity index (χ0v) is 16.1. The SMILES string of the molecule is CC(=O)c1ccc(N2CCN(C(=O)/C=C/c3ccccc3OC(F)F)CC2)cc1. The molecule has 0 unspecified atom stereocenters. The highest BCUT2D eigenvalue weighted by molar-refractivity contribution is 5.94. The molecule has 1 heterocycles. The third kappa shape index (κ3) is 5.40. The van der Waals surface area contributed by atoms with Gasteiger partial charge < -0.3 is 14.5 Å². The van der Waals surface area contributed by atoms with Gasteiger partial charge in [-0.15, -0.1) is 0 Å². The Bertz CT molecular complexity index is 889. The Morgan fingerprint density at radius 3 is 2.28 bits per heavy atom. The molecule has 5 nitrogen and oxygen atoms in total. The fraction of sp³-hybridized carbons (Fsp3) is 0.273. The predicted octanol–water partition coefficient (Wildman–Crippen LogP) is 3.85. The van der Waals surface area contributed by atoms with E-state index in [1.807, 2.05) is 12.1 Å². The molecular formula is C22H22F2N2O3. The van der Waals surface area contributed by atoms with Gasteiger partial charge in [0.25, 0.3) is 0 Å². The van der Waals surface area contributed by atoms with Gasteiger partial charge in [-0.2, -0.15) is 8.78 Å². The molecule has 1 amide bonds. The number of carbonyl (C=O) groups is 2. The highest BCUT2D eigenvalue weighted by Crippen LogP contribution is 2.22. The van der Waals surface area contributed by atoms with E-state index >= 15 is 0 Å². The van der Waals surface area contributed by atoms with Gasteiger partial charge in [0.2, 0.25) is 5.91 Å². The van der Waals surface area contributed by atoms with Crippen molar-refractivity contribution in [2.24, 2.45) is 0 Å². The largest absolute Gasteiger partial charge is 0.434 e. The van der Waals surface area contributed by atoms with E-state index < -0.39 is 6.61 Å². The fourth-order valence-electron chi connectivity index (χ4n) is 3.18. The van der Waals surface area contributed by atoms with E-state index in [2.05, 4.69) is 9.64 Å². The van der Waals surface area contributed by atoms with E-state index in [1.165, 1.54) is 25.1 Å². The van der Waals surface area contributed by atoms with Crippen molar-refractivity contribution < 1.29 is 23.1 Å². The number of Topliss-reactive ketones (excluding diaryl/α,β-unsaturated/α-hetero) is 1. The quantitative estimate of drug-likeness (QED) is 0.546. The van der Waals surface area contributed by atoms with Crippen LogP contribution in [-0.2, 0) is 4.79 Å². The molecule has 7 heteroatoms. The lowest BCUT2D eigenvalue weighted by molar-refractivity contribution is -0.126. The molecule has 0 bridgehead atoms. The Labute approximate surface area is 168 Å². The van der Waals surface area contributed by atoms with Crippen molar-refractivity contribution in [3.8, 4) is 5.75 Å². The summed E-state index contributed by atoms with van der Waals surface area (Å²) in [6, 6.07) is 13.8. The van der Waals surface area contributed by atoms with Crippen LogP contribution in [-0.4, -0.2) is 49.4 Å². The van der Waals surface area contributed by atoms with Crippen LogP contribution in [0.15, 0.2) is 54.6 Å². The lowest BCUT2D eigenvalue weighted by atomic mass is 10.1. The average Bonchev–Trinajstić information content (AvgIpc) is 2.72. The molecule has 3 rings (SSSR count). The number of hydrogen-bond donors (Lipinski definition) is 0. The Hall–Kier alpha value is -3.22. The van der Waals surface area contributed by atoms with Crippen molar-refractivity contribution >= 4 is 23.5 Å². The molecule has 0 N–H and O–H groups in total. The smallest absolute Gasteiger partial charge is 0.387 e. The highest BCUT2D eigenvalue weighted by Gasteiger charge is 2.20. The monoisotopic (exact) mass is 400 g/mol. The molecule has 1 aliphatic rings. The van der Waals surface area contributed by atoms with Gasteiger partial charge in [0.05, 0.1) is 0 Å². The standard InChI is InChI=1S/C22H22F2N2O3/c1-16(27)17-6-9-19(10-7-17)25-12-14-26(15-13-25)21(28)11-8-18-4-2-3-5-20(18)29-22(23)24/h2-11,22H,12-15H2,1H3/b11-8+. The number of piperazine rings is 1. The molecule has 0 aliphatic carbocycles. The summed E-state index contributed by atoms with van der Waals surface area (Å²) >= 11 is 0. The second kappa shape index (κ2) is 9.32. The Kier molecular flexibility index (Phi) is 6.59. The van der Waals surface area contributed by atoms with Crippen LogP contribution in [0, 0.1) is 0 Å². The zero-order valence-electron chi connectivity index (χ0n) is 16.1. The first-order valence-corrected chi connectivity index (χ1v) is 9.31. The van der Waals surface area contributed by atoms with Gasteiger partial charge in [0, 0.05) is 49.1 Å². The van der Waals surface area contributed by atoms with E-state index in [0.29, 0.717) is 37.3 Å². The Morgan fingerprint density at radius 1 is 1.00 bits per heavy atom. The van der Waals surface area contributed by atoms with Gasteiger partial charge in [-0.3, -0.25) is 9.59 Å². The molecule has 2 aromatic carbocycles. The molecule has 0 radical (unpaired) electrons. The van der Waals surface area contributed by atoms with E-state index in [4.69, 9.17) is 0 Å². The Balaban J connectivity index is 1.58. The maximum absolute atomic E-state index is 12.5. The molecule has 1 aliphatic heterocycles. The van der Waals surface area contributed by atoms with Gasteiger partial charge in [-0.05, 0) is 43.3 Å². The molecule has 0 saturated carbocycles. The summed E-state index contributed by atoms with van der Waals surface area (Å²) in [5.41, 5.74) is 2.10. The van der Waals surface area contributed by atoms with Gasteiger partial charge in [-0.1, -0.05) is 18.2 Å². The molecule has 29 heavy (non-hydrogen) atoms. The van der Waals surface area contributed by atoms with Crippen molar-refractivity contribution in [3.63, 3.8) is 0 Å². The number of ketones is 1. The van der Waals surface area contributed by atoms with Crippen LogP contribution < -0.4 is 9.64 Å². The number of carbonyl (C=O) groups excluding carboxylic acids is 2. The summed E-state index contributed by atoms with van der Waals surface area (Å²) in [4.78, 5) is 27.7. The van der Waals surface area contributed by atoms with Crippen molar-refractivity contribution in [3.05, 3.63) is 65.7 Å². The minimum absolute atomic E-state index is 0.0271. The first-order chi connectivity index (χ1) is 13.9. The molecule has 2 aromatic rings. The number of benzene rings is 2. The van der Waals surface area contributed by atoms with Gasteiger partial charge in [-0.25, -0.2) is 0 Å². The second-order valence-corrected chi connectivity index (χ2v) is 6.67. The van der Waals surface area contributed by atoms with E-state index in [1.54, 1.807) is 35.2 Å². The minimum Gasteiger partial charge on any atom is -0.434 e. The van der Waals surface area contributed by atoms with Crippen molar-refractivity contribution in [1.29, 1.82) is 0 Å². The van der Waals surface area contributed by atoms with Crippen molar-refractivity contribution in [2.75, 3.05) is 31.1 Å². The van der Waals surface area contributed by atoms with Crippen LogP contribution >= 0.6 is 0 Å². The summed E-state index contributed by atoms with van der Waals surface area (Å²) in [5, 5.41) is 0. The number of rotatable bonds is 6. The van der Waals surface area contributed by atoms with E-state index in [9.17, 15) is 18.4 Å². The number of alkyl halides is 2. The Morgan fingerprint density at radius 2 is 1.66 bits per heavy atom. The number of halogens is 2. The normalized spacial score (nSPS) is 14.5. The summed E-state index contributed by atoms with van der Waals surface area (Å²) in [7, 11) is 0. The first-order valence-electron chi connectivity index (χ1n) is 9.31. The number of amides is 1. The maximum atomic E-state index is 12.5. The lowest BCUT2D eigenvalue weighted by Gasteiger charge is -2.35. The van der Waals surface area contributed by atoms with E-state index in [0.717, 1.165) is 5.69 Å². The number of para-hydroxylation sites is 1. The molecule has 0 aromatic heterocycles. The lowest BCUT2D eigenvalue weighted by Crippen LogP contribution is -2.48. The summed E-state index contributed by atoms with van der Waals surface area (Å²) in [6.07, 6.45) is 2.87. The van der Waals surface area contributed by atoms with Crippen LogP contribution in [0.1, 0.15) is 22.8 Å². The van der Waals surface area contributed by atoms with Gasteiger partial charge in [0.1, 0.15) is 5.75 Å². The topological polar surface area (TPSA) is 49.9 Å². The van der Waals surface area contributed by atoms with Crippen LogP contribution in [0.2, 0.25) is 0 Å². The minimum atomic E-state index is -2.92. The van der Waals surface area contributed by atoms with Crippen molar-refractivity contribution in [1.82, 2.24) is 4.90 Å². The first kappa shape index (κ1) is 20.5. The van der Waals surface area contributed by atoms with Crippen LogP contribution in [0.5, 0.6) is 5.75 Å². The summed E-state index contributed by atoms with van der Waals surface area (Å²) in [6.45, 7) is 1.05. The second-order valence-electron chi connectivity index (χ2n) is 6.67. The molecule has 1 saturated heterocycles. The van der Waals surface area contributed by atoms with Crippen LogP contribution in [0.3, 0.4) is 0 Å². The molecule has 1 fully saturated rings. The van der Waals surface area contributed by atoms with E-state index in [-0.39, 0.29) is 17.4 Å². The predicted molar refractivity (Wildman–Crippen MR) is 107 cm³/mol. The summed E-state index contributed by atoms with van der Waals surface area (Å²) in [5.74, 6) is -0.118. The van der Waals surface area contributed by atoms with Crippen LogP contribution in [0.4, 0.5) is 14.5 Å². The fourth-order valence-corrected chi connectivity index (χ4v) is 3.18. The number of hydrogen-bond acceptors (Lipinski definition) is 4. The molecule has 0 atom stereocenters. The maximum Gasteiger partial charge on any atom is 0.387 e. The number of anilines is 1. The number of ether oxygens (including phenoxy) is 1. The summed E-state index contributed by atoms with van der Waals surface area (Å²) < 4.78 is 29.4. The molecule has 152 valence electrons. The van der Waals surface area contributed by atoms with Gasteiger partial charge >= 0.3 is 6.61 Å². The third-order valence-corrected chi connectivity index (χ3v) is 4.77.